The third kappa shape index (κ3) is 3.64. The van der Waals surface area contributed by atoms with Crippen molar-refractivity contribution in [2.24, 2.45) is 5.92 Å². The molecule has 0 N–H and O–H groups in total. The minimum atomic E-state index is -0.207. The Balaban J connectivity index is 2.08. The molecule has 0 bridgehead atoms. The van der Waals surface area contributed by atoms with Crippen molar-refractivity contribution in [3.8, 4) is 0 Å². The second kappa shape index (κ2) is 7.07. The fourth-order valence-electron chi connectivity index (χ4n) is 2.82. The molecule has 1 aliphatic heterocycles. The molecule has 1 saturated heterocycles. The molecule has 21 heavy (non-hydrogen) atoms. The Bertz CT molecular complexity index is 524. The van der Waals surface area contributed by atoms with Crippen LogP contribution in [0, 0.1) is 12.8 Å². The van der Waals surface area contributed by atoms with Crippen LogP contribution in [0.25, 0.3) is 0 Å². The molecule has 1 fully saturated rings. The second-order valence-corrected chi connectivity index (χ2v) is 6.81. The lowest BCUT2D eigenvalue weighted by atomic mass is 9.98. The van der Waals surface area contributed by atoms with Gasteiger partial charge in [-0.05, 0) is 37.8 Å². The largest absolute Gasteiger partial charge is 0.469 e. The number of hydrogen-bond acceptors (Lipinski definition) is 4. The van der Waals surface area contributed by atoms with Crippen molar-refractivity contribution in [1.29, 1.82) is 0 Å². The highest BCUT2D eigenvalue weighted by atomic mass is 32.1. The quantitative estimate of drug-likeness (QED) is 0.803. The van der Waals surface area contributed by atoms with Crippen molar-refractivity contribution in [3.05, 3.63) is 21.4 Å². The minimum Gasteiger partial charge on any atom is -0.469 e. The third-order valence-corrected chi connectivity index (χ3v) is 5.07. The lowest BCUT2D eigenvalue weighted by Crippen LogP contribution is -2.42. The Kier molecular flexibility index (Phi) is 5.39. The molecule has 1 aliphatic rings. The van der Waals surface area contributed by atoms with E-state index in [1.54, 1.807) is 16.2 Å². The van der Waals surface area contributed by atoms with Crippen molar-refractivity contribution < 1.29 is 14.3 Å². The van der Waals surface area contributed by atoms with Crippen LogP contribution in [0.3, 0.4) is 0 Å². The average molecular weight is 309 g/mol. The van der Waals surface area contributed by atoms with Gasteiger partial charge in [-0.3, -0.25) is 9.59 Å². The number of methoxy groups -OCH3 is 1. The van der Waals surface area contributed by atoms with E-state index in [0.29, 0.717) is 6.54 Å². The molecule has 0 saturated carbocycles. The van der Waals surface area contributed by atoms with E-state index in [4.69, 9.17) is 4.74 Å². The number of piperidine rings is 1. The summed E-state index contributed by atoms with van der Waals surface area (Å²) >= 11 is 1.56. The molecule has 116 valence electrons. The van der Waals surface area contributed by atoms with Gasteiger partial charge in [0.15, 0.2) is 0 Å². The number of carbonyl (C=O) groups is 2. The molecule has 4 nitrogen and oxygen atoms in total. The topological polar surface area (TPSA) is 46.6 Å². The average Bonchev–Trinajstić information content (AvgIpc) is 2.87. The normalized spacial score (nSPS) is 18.6. The van der Waals surface area contributed by atoms with E-state index in [1.807, 2.05) is 6.07 Å². The SMILES string of the molecule is CCCc1cc(C(=O)N2CCCC(C(=O)OC)C2)sc1C. The zero-order valence-corrected chi connectivity index (χ0v) is 13.8. The summed E-state index contributed by atoms with van der Waals surface area (Å²) in [6, 6.07) is 2.02. The first-order valence-electron chi connectivity index (χ1n) is 7.53. The summed E-state index contributed by atoms with van der Waals surface area (Å²) in [6.07, 6.45) is 3.76. The summed E-state index contributed by atoms with van der Waals surface area (Å²) in [7, 11) is 1.41. The van der Waals surface area contributed by atoms with Crippen LogP contribution in [0.5, 0.6) is 0 Å². The number of aryl methyl sites for hydroxylation is 2. The van der Waals surface area contributed by atoms with Gasteiger partial charge in [0.2, 0.25) is 0 Å². The van der Waals surface area contributed by atoms with Crippen LogP contribution in [0.2, 0.25) is 0 Å². The van der Waals surface area contributed by atoms with Crippen LogP contribution in [0.1, 0.15) is 46.3 Å². The van der Waals surface area contributed by atoms with Gasteiger partial charge in [0.1, 0.15) is 0 Å². The number of nitrogens with zero attached hydrogens (tertiary/aromatic N) is 1. The molecule has 1 unspecified atom stereocenters. The molecular weight excluding hydrogens is 286 g/mol. The molecule has 0 aliphatic carbocycles. The maximum atomic E-state index is 12.6. The number of esters is 1. The highest BCUT2D eigenvalue weighted by Gasteiger charge is 2.30. The number of thiophene rings is 1. The smallest absolute Gasteiger partial charge is 0.310 e. The molecule has 1 atom stereocenters. The third-order valence-electron chi connectivity index (χ3n) is 3.99. The summed E-state index contributed by atoms with van der Waals surface area (Å²) in [5.74, 6) is -0.329. The van der Waals surface area contributed by atoms with Gasteiger partial charge >= 0.3 is 5.97 Å². The summed E-state index contributed by atoms with van der Waals surface area (Å²) in [5, 5.41) is 0. The van der Waals surface area contributed by atoms with Gasteiger partial charge in [-0.25, -0.2) is 0 Å². The second-order valence-electron chi connectivity index (χ2n) is 5.56. The summed E-state index contributed by atoms with van der Waals surface area (Å²) in [5.41, 5.74) is 1.27. The van der Waals surface area contributed by atoms with Gasteiger partial charge in [0, 0.05) is 18.0 Å². The molecule has 5 heteroatoms. The number of hydrogen-bond donors (Lipinski definition) is 0. The Hall–Kier alpha value is -1.36. The lowest BCUT2D eigenvalue weighted by molar-refractivity contribution is -0.146. The van der Waals surface area contributed by atoms with E-state index < -0.39 is 0 Å². The van der Waals surface area contributed by atoms with Crippen LogP contribution in [-0.4, -0.2) is 37.0 Å². The van der Waals surface area contributed by atoms with Gasteiger partial charge in [-0.2, -0.15) is 0 Å². The van der Waals surface area contributed by atoms with E-state index >= 15 is 0 Å². The Morgan fingerprint density at radius 1 is 1.48 bits per heavy atom. The van der Waals surface area contributed by atoms with Crippen LogP contribution < -0.4 is 0 Å². The Morgan fingerprint density at radius 3 is 2.90 bits per heavy atom. The van der Waals surface area contributed by atoms with Crippen LogP contribution >= 0.6 is 11.3 Å². The summed E-state index contributed by atoms with van der Waals surface area (Å²) in [4.78, 5) is 28.1. The Labute approximate surface area is 130 Å². The van der Waals surface area contributed by atoms with Crippen molar-refractivity contribution in [2.45, 2.75) is 39.5 Å². The predicted octanol–water partition coefficient (Wildman–Crippen LogP) is 3.03. The van der Waals surface area contributed by atoms with E-state index in [2.05, 4.69) is 13.8 Å². The summed E-state index contributed by atoms with van der Waals surface area (Å²) < 4.78 is 4.80. The zero-order valence-electron chi connectivity index (χ0n) is 13.0. The van der Waals surface area contributed by atoms with Gasteiger partial charge in [0.05, 0.1) is 17.9 Å². The molecule has 1 aromatic heterocycles. The molecule has 2 rings (SSSR count). The molecule has 1 amide bonds. The Morgan fingerprint density at radius 2 is 2.24 bits per heavy atom. The van der Waals surface area contributed by atoms with E-state index in [1.165, 1.54) is 17.6 Å². The molecule has 1 aromatic rings. The van der Waals surface area contributed by atoms with E-state index in [0.717, 1.165) is 37.1 Å². The van der Waals surface area contributed by atoms with Gasteiger partial charge in [0.25, 0.3) is 5.91 Å². The number of amides is 1. The molecule has 2 heterocycles. The van der Waals surface area contributed by atoms with E-state index in [9.17, 15) is 9.59 Å². The maximum Gasteiger partial charge on any atom is 0.310 e. The highest BCUT2D eigenvalue weighted by Crippen LogP contribution is 2.26. The standard InChI is InChI=1S/C16H23NO3S/c1-4-6-12-9-14(21-11(12)2)15(18)17-8-5-7-13(10-17)16(19)20-3/h9,13H,4-8,10H2,1-3H3. The van der Waals surface area contributed by atoms with Crippen molar-refractivity contribution in [1.82, 2.24) is 4.90 Å². The summed E-state index contributed by atoms with van der Waals surface area (Å²) in [6.45, 7) is 5.42. The van der Waals surface area contributed by atoms with Crippen molar-refractivity contribution in [3.63, 3.8) is 0 Å². The van der Waals surface area contributed by atoms with E-state index in [-0.39, 0.29) is 17.8 Å². The molecule has 0 aromatic carbocycles. The molecule has 0 spiro atoms. The van der Waals surface area contributed by atoms with Gasteiger partial charge in [-0.15, -0.1) is 11.3 Å². The van der Waals surface area contributed by atoms with Crippen molar-refractivity contribution in [2.75, 3.05) is 20.2 Å². The molecular formula is C16H23NO3S. The zero-order chi connectivity index (χ0) is 15.4. The fourth-order valence-corrected chi connectivity index (χ4v) is 3.86. The first-order chi connectivity index (χ1) is 10.1. The maximum absolute atomic E-state index is 12.6. The monoisotopic (exact) mass is 309 g/mol. The fraction of sp³-hybridized carbons (Fsp3) is 0.625. The number of ether oxygens (including phenoxy) is 1. The number of carbonyl (C=O) groups excluding carboxylic acids is 2. The van der Waals surface area contributed by atoms with Crippen molar-refractivity contribution >= 4 is 23.2 Å². The van der Waals surface area contributed by atoms with Gasteiger partial charge in [-0.1, -0.05) is 13.3 Å². The first-order valence-corrected chi connectivity index (χ1v) is 8.34. The minimum absolute atomic E-state index is 0.0547. The highest BCUT2D eigenvalue weighted by molar-refractivity contribution is 7.14. The molecule has 0 radical (unpaired) electrons. The van der Waals surface area contributed by atoms with Crippen LogP contribution in [-0.2, 0) is 16.0 Å². The number of rotatable bonds is 4. The lowest BCUT2D eigenvalue weighted by Gasteiger charge is -2.31. The number of likely N-dealkylation sites (tertiary alicyclic amines) is 1. The van der Waals surface area contributed by atoms with Gasteiger partial charge < -0.3 is 9.64 Å². The predicted molar refractivity (Wildman–Crippen MR) is 83.7 cm³/mol. The van der Waals surface area contributed by atoms with Crippen LogP contribution in [0.4, 0.5) is 0 Å². The van der Waals surface area contributed by atoms with Crippen LogP contribution in [0.15, 0.2) is 6.07 Å². The first kappa shape index (κ1) is 16.0.